The molecule has 0 radical (unpaired) electrons. The van der Waals surface area contributed by atoms with Gasteiger partial charge in [0.25, 0.3) is 0 Å². The molecule has 1 aliphatic carbocycles. The van der Waals surface area contributed by atoms with Crippen molar-refractivity contribution in [3.05, 3.63) is 22.1 Å². The van der Waals surface area contributed by atoms with Gasteiger partial charge in [-0.3, -0.25) is 0 Å². The number of hydrogen-bond acceptors (Lipinski definition) is 2. The minimum Gasteiger partial charge on any atom is -0.323 e. The summed E-state index contributed by atoms with van der Waals surface area (Å²) in [6.45, 7) is 0. The molecule has 1 atom stereocenters. The second-order valence-electron chi connectivity index (χ2n) is 3.00. The minimum atomic E-state index is -0.130. The Kier molecular flexibility index (Phi) is 1.69. The van der Waals surface area contributed by atoms with Gasteiger partial charge in [0.1, 0.15) is 5.82 Å². The normalized spacial score (nSPS) is 20.2. The molecule has 1 saturated carbocycles. The van der Waals surface area contributed by atoms with Crippen LogP contribution in [0.3, 0.4) is 0 Å². The summed E-state index contributed by atoms with van der Waals surface area (Å²) >= 11 is 1.43. The van der Waals surface area contributed by atoms with Crippen LogP contribution in [-0.4, -0.2) is 0 Å². The third-order valence-electron chi connectivity index (χ3n) is 2.08. The van der Waals surface area contributed by atoms with Gasteiger partial charge >= 0.3 is 0 Å². The first-order valence-corrected chi connectivity index (χ1v) is 4.65. The van der Waals surface area contributed by atoms with E-state index in [-0.39, 0.29) is 11.9 Å². The Labute approximate surface area is 69.0 Å². The van der Waals surface area contributed by atoms with Crippen molar-refractivity contribution < 1.29 is 4.39 Å². The van der Waals surface area contributed by atoms with Crippen molar-refractivity contribution >= 4 is 11.3 Å². The van der Waals surface area contributed by atoms with Crippen molar-refractivity contribution in [1.29, 1.82) is 0 Å². The van der Waals surface area contributed by atoms with E-state index in [1.807, 2.05) is 0 Å². The lowest BCUT2D eigenvalue weighted by Crippen LogP contribution is -2.11. The van der Waals surface area contributed by atoms with Crippen LogP contribution in [0.2, 0.25) is 0 Å². The van der Waals surface area contributed by atoms with Crippen LogP contribution in [0.5, 0.6) is 0 Å². The molecule has 0 bridgehead atoms. The van der Waals surface area contributed by atoms with E-state index in [4.69, 9.17) is 5.73 Å². The molecule has 1 fully saturated rings. The van der Waals surface area contributed by atoms with Gasteiger partial charge in [-0.05, 0) is 30.2 Å². The molecule has 60 valence electrons. The van der Waals surface area contributed by atoms with Crippen LogP contribution in [0, 0.1) is 11.7 Å². The number of nitrogens with two attached hydrogens (primary N) is 1. The summed E-state index contributed by atoms with van der Waals surface area (Å²) in [5.74, 6) is 0.414. The van der Waals surface area contributed by atoms with Gasteiger partial charge in [0.2, 0.25) is 0 Å². The molecule has 0 amide bonds. The first-order chi connectivity index (χ1) is 5.29. The Hall–Kier alpha value is -0.410. The van der Waals surface area contributed by atoms with E-state index in [0.717, 1.165) is 4.88 Å². The zero-order chi connectivity index (χ0) is 7.84. The number of halogens is 1. The van der Waals surface area contributed by atoms with E-state index in [0.29, 0.717) is 5.92 Å². The van der Waals surface area contributed by atoms with Crippen molar-refractivity contribution in [2.24, 2.45) is 11.7 Å². The minimum absolute atomic E-state index is 0.0463. The largest absolute Gasteiger partial charge is 0.323 e. The third kappa shape index (κ3) is 1.30. The predicted molar refractivity (Wildman–Crippen MR) is 43.9 cm³/mol. The van der Waals surface area contributed by atoms with Crippen molar-refractivity contribution in [2.45, 2.75) is 18.9 Å². The van der Waals surface area contributed by atoms with E-state index >= 15 is 0 Å². The van der Waals surface area contributed by atoms with E-state index in [1.165, 1.54) is 30.2 Å². The van der Waals surface area contributed by atoms with E-state index in [9.17, 15) is 4.39 Å². The van der Waals surface area contributed by atoms with Crippen LogP contribution in [-0.2, 0) is 0 Å². The van der Waals surface area contributed by atoms with Crippen molar-refractivity contribution in [3.63, 3.8) is 0 Å². The molecule has 1 aromatic rings. The van der Waals surface area contributed by atoms with Crippen LogP contribution < -0.4 is 5.73 Å². The monoisotopic (exact) mass is 171 g/mol. The second-order valence-corrected chi connectivity index (χ2v) is 3.94. The van der Waals surface area contributed by atoms with E-state index in [1.54, 1.807) is 5.38 Å². The zero-order valence-electron chi connectivity index (χ0n) is 6.09. The van der Waals surface area contributed by atoms with Gasteiger partial charge in [-0.1, -0.05) is 0 Å². The van der Waals surface area contributed by atoms with E-state index in [2.05, 4.69) is 0 Å². The maximum Gasteiger partial charge on any atom is 0.138 e. The average Bonchev–Trinajstić information content (AvgIpc) is 2.74. The molecule has 0 saturated heterocycles. The Bertz CT molecular complexity index is 254. The zero-order valence-corrected chi connectivity index (χ0v) is 6.90. The van der Waals surface area contributed by atoms with Gasteiger partial charge in [-0.25, -0.2) is 4.39 Å². The molecule has 0 unspecified atom stereocenters. The standard InChI is InChI=1S/C8H10FNS/c9-6-3-4-11-8(6)7(10)5-1-2-5/h3-5,7H,1-2,10H2/t7-/m1/s1. The summed E-state index contributed by atoms with van der Waals surface area (Å²) in [7, 11) is 0. The molecular weight excluding hydrogens is 161 g/mol. The maximum absolute atomic E-state index is 12.9. The molecule has 1 aliphatic rings. The molecule has 0 aliphatic heterocycles. The first kappa shape index (κ1) is 7.25. The number of hydrogen-bond donors (Lipinski definition) is 1. The molecule has 0 aromatic carbocycles. The fraction of sp³-hybridized carbons (Fsp3) is 0.500. The molecular formula is C8H10FNS. The summed E-state index contributed by atoms with van der Waals surface area (Å²) in [5, 5.41) is 1.76. The predicted octanol–water partition coefficient (Wildman–Crippen LogP) is 2.30. The topological polar surface area (TPSA) is 26.0 Å². The van der Waals surface area contributed by atoms with Gasteiger partial charge in [0.15, 0.2) is 0 Å². The van der Waals surface area contributed by atoms with Gasteiger partial charge in [-0.2, -0.15) is 0 Å². The van der Waals surface area contributed by atoms with Crippen LogP contribution in [0.1, 0.15) is 23.8 Å². The quantitative estimate of drug-likeness (QED) is 0.726. The summed E-state index contributed by atoms with van der Waals surface area (Å²) in [6, 6.07) is 1.44. The summed E-state index contributed by atoms with van der Waals surface area (Å²) in [5.41, 5.74) is 5.82. The second kappa shape index (κ2) is 2.57. The van der Waals surface area contributed by atoms with Crippen molar-refractivity contribution in [1.82, 2.24) is 0 Å². The highest BCUT2D eigenvalue weighted by molar-refractivity contribution is 7.10. The maximum atomic E-state index is 12.9. The van der Waals surface area contributed by atoms with Crippen LogP contribution in [0.15, 0.2) is 11.4 Å². The Morgan fingerprint density at radius 1 is 1.64 bits per heavy atom. The molecule has 11 heavy (non-hydrogen) atoms. The SMILES string of the molecule is N[C@@H](c1sccc1F)C1CC1. The van der Waals surface area contributed by atoms with Crippen LogP contribution in [0.4, 0.5) is 4.39 Å². The summed E-state index contributed by atoms with van der Waals surface area (Å²) in [6.07, 6.45) is 2.33. The number of thiophene rings is 1. The smallest absolute Gasteiger partial charge is 0.138 e. The highest BCUT2D eigenvalue weighted by atomic mass is 32.1. The molecule has 1 nitrogen and oxygen atoms in total. The average molecular weight is 171 g/mol. The summed E-state index contributed by atoms with van der Waals surface area (Å²) < 4.78 is 12.9. The summed E-state index contributed by atoms with van der Waals surface area (Å²) in [4.78, 5) is 0.729. The fourth-order valence-corrected chi connectivity index (χ4v) is 2.08. The van der Waals surface area contributed by atoms with Crippen molar-refractivity contribution in [3.8, 4) is 0 Å². The first-order valence-electron chi connectivity index (χ1n) is 3.77. The molecule has 3 heteroatoms. The molecule has 0 spiro atoms. The highest BCUT2D eigenvalue weighted by Crippen LogP contribution is 2.41. The lowest BCUT2D eigenvalue weighted by molar-refractivity contribution is 0.567. The lowest BCUT2D eigenvalue weighted by Gasteiger charge is -2.06. The fourth-order valence-electron chi connectivity index (χ4n) is 1.21. The van der Waals surface area contributed by atoms with E-state index < -0.39 is 0 Å². The number of rotatable bonds is 2. The van der Waals surface area contributed by atoms with Gasteiger partial charge in [0.05, 0.1) is 4.88 Å². The Morgan fingerprint density at radius 2 is 2.36 bits per heavy atom. The van der Waals surface area contributed by atoms with Crippen LogP contribution >= 0.6 is 11.3 Å². The van der Waals surface area contributed by atoms with Gasteiger partial charge in [0, 0.05) is 6.04 Å². The lowest BCUT2D eigenvalue weighted by atomic mass is 10.1. The van der Waals surface area contributed by atoms with Crippen molar-refractivity contribution in [2.75, 3.05) is 0 Å². The van der Waals surface area contributed by atoms with Gasteiger partial charge in [-0.15, -0.1) is 11.3 Å². The molecule has 1 aromatic heterocycles. The molecule has 2 N–H and O–H groups in total. The molecule has 2 rings (SSSR count). The van der Waals surface area contributed by atoms with Crippen LogP contribution in [0.25, 0.3) is 0 Å². The van der Waals surface area contributed by atoms with Gasteiger partial charge < -0.3 is 5.73 Å². The Balaban J connectivity index is 2.20. The Morgan fingerprint density at radius 3 is 2.82 bits per heavy atom. The molecule has 1 heterocycles. The third-order valence-corrected chi connectivity index (χ3v) is 3.07. The highest BCUT2D eigenvalue weighted by Gasteiger charge is 2.31.